The Hall–Kier alpha value is -4.96. The Morgan fingerprint density at radius 2 is 0.756 bits per heavy atom. The number of hydrogen-bond donors (Lipinski definition) is 0. The van der Waals surface area contributed by atoms with Gasteiger partial charge in [0.1, 0.15) is 0 Å². The molecule has 202 valence electrons. The molecule has 0 spiro atoms. The number of ether oxygens (including phenoxy) is 2. The van der Waals surface area contributed by atoms with Gasteiger partial charge in [-0.1, -0.05) is 97.1 Å². The molecular weight excluding hydrogens is 508 g/mol. The van der Waals surface area contributed by atoms with Crippen molar-refractivity contribution in [3.05, 3.63) is 165 Å². The molecule has 0 fully saturated rings. The Bertz CT molecular complexity index is 1780. The highest BCUT2D eigenvalue weighted by Gasteiger charge is 2.24. The highest BCUT2D eigenvalue weighted by molar-refractivity contribution is 6.12. The number of carbonyl (C=O) groups excluding carboxylic acids is 2. The molecule has 6 rings (SSSR count). The number of rotatable bonds is 2. The Labute approximate surface area is 240 Å². The third-order valence-electron chi connectivity index (χ3n) is 7.90. The van der Waals surface area contributed by atoms with E-state index in [0.29, 0.717) is 53.0 Å². The van der Waals surface area contributed by atoms with Crippen molar-refractivity contribution in [3.63, 3.8) is 0 Å². The summed E-state index contributed by atoms with van der Waals surface area (Å²) in [5.41, 5.74) is 8.28. The zero-order valence-corrected chi connectivity index (χ0v) is 23.1. The summed E-state index contributed by atoms with van der Waals surface area (Å²) in [5.74, 6) is 0.906. The lowest BCUT2D eigenvalue weighted by Gasteiger charge is -2.17. The van der Waals surface area contributed by atoms with Gasteiger partial charge in [-0.3, -0.25) is 9.59 Å². The standard InChI is InChI=1S/C37H30O4/c1-40-34-22-29-21-28-15-7-9-17-31(28)36(38)30-16-8-5-13-26(30)19-24-11-3-4-12-25(24)20-27-14-6-10-18-32(27)37(39)33(29)23-35(34)41-2/h3-18,22-23H,19-21H2,1-2H3. The van der Waals surface area contributed by atoms with E-state index in [1.54, 1.807) is 20.3 Å². The average Bonchev–Trinajstić information content (AvgIpc) is 3.01. The number of ketones is 2. The van der Waals surface area contributed by atoms with Crippen LogP contribution in [0.1, 0.15) is 65.2 Å². The first-order valence-corrected chi connectivity index (χ1v) is 13.7. The smallest absolute Gasteiger partial charge is 0.193 e. The Kier molecular flexibility index (Phi) is 7.22. The number of hydrogen-bond acceptors (Lipinski definition) is 4. The molecule has 5 aromatic rings. The van der Waals surface area contributed by atoms with Crippen LogP contribution < -0.4 is 9.47 Å². The first kappa shape index (κ1) is 26.3. The lowest BCUT2D eigenvalue weighted by atomic mass is 9.88. The Morgan fingerprint density at radius 3 is 1.20 bits per heavy atom. The van der Waals surface area contributed by atoms with Crippen LogP contribution in [-0.4, -0.2) is 25.8 Å². The lowest BCUT2D eigenvalue weighted by molar-refractivity contribution is 0.103. The highest BCUT2D eigenvalue weighted by Crippen LogP contribution is 2.35. The van der Waals surface area contributed by atoms with Crippen LogP contribution in [-0.2, 0) is 19.3 Å². The Morgan fingerprint density at radius 1 is 0.415 bits per heavy atom. The summed E-state index contributed by atoms with van der Waals surface area (Å²) in [5, 5.41) is 0. The maximum Gasteiger partial charge on any atom is 0.193 e. The predicted molar refractivity (Wildman–Crippen MR) is 161 cm³/mol. The summed E-state index contributed by atoms with van der Waals surface area (Å²) in [6.45, 7) is 0. The molecule has 0 unspecified atom stereocenters. The van der Waals surface area contributed by atoms with Crippen molar-refractivity contribution in [1.29, 1.82) is 0 Å². The largest absolute Gasteiger partial charge is 0.493 e. The van der Waals surface area contributed by atoms with Crippen LogP contribution in [0.25, 0.3) is 0 Å². The molecule has 0 bridgehead atoms. The minimum Gasteiger partial charge on any atom is -0.493 e. The molecule has 0 saturated heterocycles. The summed E-state index contributed by atoms with van der Waals surface area (Å²) in [6, 6.07) is 35.2. The van der Waals surface area contributed by atoms with E-state index in [1.807, 2.05) is 91.0 Å². The molecule has 0 N–H and O–H groups in total. The van der Waals surface area contributed by atoms with Gasteiger partial charge in [-0.25, -0.2) is 0 Å². The molecule has 0 saturated carbocycles. The number of fused-ring (bicyclic) bond motifs is 5. The minimum absolute atomic E-state index is 0.0276. The third-order valence-corrected chi connectivity index (χ3v) is 7.90. The van der Waals surface area contributed by atoms with Crippen LogP contribution in [0.5, 0.6) is 11.5 Å². The van der Waals surface area contributed by atoms with Gasteiger partial charge in [0, 0.05) is 22.3 Å². The molecule has 0 aromatic heterocycles. The van der Waals surface area contributed by atoms with E-state index in [2.05, 4.69) is 12.1 Å². The zero-order valence-electron chi connectivity index (χ0n) is 23.1. The van der Waals surface area contributed by atoms with Gasteiger partial charge in [-0.15, -0.1) is 0 Å². The van der Waals surface area contributed by atoms with Gasteiger partial charge in [0.05, 0.1) is 14.2 Å². The van der Waals surface area contributed by atoms with Crippen LogP contribution in [0.3, 0.4) is 0 Å². The average molecular weight is 539 g/mol. The fourth-order valence-corrected chi connectivity index (χ4v) is 5.77. The molecular formula is C37H30O4. The van der Waals surface area contributed by atoms with Gasteiger partial charge in [0.2, 0.25) is 0 Å². The maximum absolute atomic E-state index is 14.3. The van der Waals surface area contributed by atoms with Crippen LogP contribution in [0.15, 0.2) is 109 Å². The quantitative estimate of drug-likeness (QED) is 0.233. The van der Waals surface area contributed by atoms with E-state index in [4.69, 9.17) is 9.47 Å². The molecule has 0 atom stereocenters. The first-order valence-electron chi connectivity index (χ1n) is 13.7. The van der Waals surface area contributed by atoms with Gasteiger partial charge in [0.25, 0.3) is 0 Å². The summed E-state index contributed by atoms with van der Waals surface area (Å²) in [4.78, 5) is 28.5. The second-order valence-corrected chi connectivity index (χ2v) is 10.3. The summed E-state index contributed by atoms with van der Waals surface area (Å²) in [7, 11) is 3.15. The van der Waals surface area contributed by atoms with Gasteiger partial charge >= 0.3 is 0 Å². The molecule has 1 aliphatic carbocycles. The van der Waals surface area contributed by atoms with Crippen molar-refractivity contribution in [2.45, 2.75) is 19.3 Å². The van der Waals surface area contributed by atoms with E-state index in [0.717, 1.165) is 33.4 Å². The molecule has 0 aliphatic heterocycles. The van der Waals surface area contributed by atoms with Crippen LogP contribution >= 0.6 is 0 Å². The summed E-state index contributed by atoms with van der Waals surface area (Å²) >= 11 is 0. The van der Waals surface area contributed by atoms with Gasteiger partial charge in [0.15, 0.2) is 23.1 Å². The summed E-state index contributed by atoms with van der Waals surface area (Å²) < 4.78 is 11.2. The minimum atomic E-state index is -0.0870. The zero-order chi connectivity index (χ0) is 28.3. The van der Waals surface area contributed by atoms with Crippen molar-refractivity contribution >= 4 is 11.6 Å². The van der Waals surface area contributed by atoms with Gasteiger partial charge in [-0.05, 0) is 64.8 Å². The SMILES string of the molecule is COc1cc2c(cc1OC)C(=O)c1ccccc1Cc1ccccc1Cc1ccccc1C(=O)c1ccccc1C2. The monoisotopic (exact) mass is 538 g/mol. The van der Waals surface area contributed by atoms with Gasteiger partial charge in [-0.2, -0.15) is 0 Å². The second kappa shape index (κ2) is 11.3. The van der Waals surface area contributed by atoms with Crippen LogP contribution in [0.2, 0.25) is 0 Å². The van der Waals surface area contributed by atoms with Crippen LogP contribution in [0.4, 0.5) is 0 Å². The van der Waals surface area contributed by atoms with Crippen LogP contribution in [0, 0.1) is 0 Å². The van der Waals surface area contributed by atoms with Crippen molar-refractivity contribution in [2.75, 3.05) is 14.2 Å². The van der Waals surface area contributed by atoms with Crippen molar-refractivity contribution in [1.82, 2.24) is 0 Å². The third kappa shape index (κ3) is 5.05. The second-order valence-electron chi connectivity index (χ2n) is 10.3. The molecule has 41 heavy (non-hydrogen) atoms. The lowest BCUT2D eigenvalue weighted by Crippen LogP contribution is -2.12. The molecule has 0 amide bonds. The summed E-state index contributed by atoms with van der Waals surface area (Å²) in [6.07, 6.45) is 1.59. The molecule has 0 radical (unpaired) electrons. The van der Waals surface area contributed by atoms with Gasteiger partial charge < -0.3 is 9.47 Å². The first-order chi connectivity index (χ1) is 20.1. The van der Waals surface area contributed by atoms with E-state index >= 15 is 0 Å². The fraction of sp³-hybridized carbons (Fsp3) is 0.135. The van der Waals surface area contributed by atoms with Crippen molar-refractivity contribution in [3.8, 4) is 11.5 Å². The van der Waals surface area contributed by atoms with Crippen molar-refractivity contribution < 1.29 is 19.1 Å². The molecule has 4 heteroatoms. The number of carbonyl (C=O) groups is 2. The van der Waals surface area contributed by atoms with E-state index < -0.39 is 0 Å². The fourth-order valence-electron chi connectivity index (χ4n) is 5.77. The normalized spacial score (nSPS) is 12.9. The topological polar surface area (TPSA) is 52.6 Å². The molecule has 0 heterocycles. The highest BCUT2D eigenvalue weighted by atomic mass is 16.5. The van der Waals surface area contributed by atoms with E-state index in [9.17, 15) is 9.59 Å². The Balaban J connectivity index is 1.63. The number of benzene rings is 5. The maximum atomic E-state index is 14.3. The predicted octanol–water partition coefficient (Wildman–Crippen LogP) is 7.25. The molecule has 1 aliphatic rings. The molecule has 4 nitrogen and oxygen atoms in total. The van der Waals surface area contributed by atoms with Crippen molar-refractivity contribution in [2.24, 2.45) is 0 Å². The van der Waals surface area contributed by atoms with E-state index in [1.165, 1.54) is 0 Å². The number of methoxy groups -OCH3 is 2. The molecule has 5 aromatic carbocycles. The van der Waals surface area contributed by atoms with E-state index in [-0.39, 0.29) is 11.6 Å².